The standard InChI is InChI=1S/C13H17BrN2O4/c1-13(2,3)20-12(18)16-15-7-8-5-11(19-4)10(17)6-9(8)14/h5-7,17H,1-4H3,(H,16,18)/b15-7+. The Balaban J connectivity index is 2.74. The van der Waals surface area contributed by atoms with Crippen molar-refractivity contribution in [2.75, 3.05) is 7.11 Å². The van der Waals surface area contributed by atoms with Gasteiger partial charge < -0.3 is 14.6 Å². The third kappa shape index (κ3) is 5.08. The molecule has 0 heterocycles. The number of ether oxygens (including phenoxy) is 2. The molecule has 0 saturated heterocycles. The molecule has 1 rings (SSSR count). The van der Waals surface area contributed by atoms with Gasteiger partial charge in [-0.05, 0) is 48.8 Å². The Kier molecular flexibility index (Phi) is 5.38. The van der Waals surface area contributed by atoms with Crippen molar-refractivity contribution in [3.63, 3.8) is 0 Å². The Hall–Kier alpha value is -1.76. The number of carbonyl (C=O) groups excluding carboxylic acids is 1. The summed E-state index contributed by atoms with van der Waals surface area (Å²) in [6.07, 6.45) is 0.770. The average Bonchev–Trinajstić information content (AvgIpc) is 2.29. The van der Waals surface area contributed by atoms with Crippen molar-refractivity contribution in [3.8, 4) is 11.5 Å². The first kappa shape index (κ1) is 16.3. The number of nitrogens with zero attached hydrogens (tertiary/aromatic N) is 1. The fourth-order valence-electron chi connectivity index (χ4n) is 1.28. The molecule has 2 N–H and O–H groups in total. The molecule has 0 aliphatic heterocycles. The second kappa shape index (κ2) is 6.60. The zero-order valence-corrected chi connectivity index (χ0v) is 13.3. The van der Waals surface area contributed by atoms with E-state index in [1.807, 2.05) is 0 Å². The normalized spacial score (nSPS) is 11.4. The number of rotatable bonds is 3. The molecule has 20 heavy (non-hydrogen) atoms. The van der Waals surface area contributed by atoms with Crippen molar-refractivity contribution in [1.82, 2.24) is 5.43 Å². The van der Waals surface area contributed by atoms with E-state index in [1.54, 1.807) is 26.8 Å². The molecular weight excluding hydrogens is 328 g/mol. The summed E-state index contributed by atoms with van der Waals surface area (Å²) in [5.41, 5.74) is 2.30. The van der Waals surface area contributed by atoms with Crippen molar-refractivity contribution in [1.29, 1.82) is 0 Å². The number of aromatic hydroxyl groups is 1. The van der Waals surface area contributed by atoms with Crippen molar-refractivity contribution < 1.29 is 19.4 Å². The summed E-state index contributed by atoms with van der Waals surface area (Å²) in [5, 5.41) is 13.3. The minimum absolute atomic E-state index is 0.0108. The SMILES string of the molecule is COc1cc(/C=N/NC(=O)OC(C)(C)C)c(Br)cc1O. The maximum atomic E-state index is 11.4. The number of halogens is 1. The van der Waals surface area contributed by atoms with Gasteiger partial charge in [0.05, 0.1) is 13.3 Å². The lowest BCUT2D eigenvalue weighted by molar-refractivity contribution is 0.0529. The highest BCUT2D eigenvalue weighted by Crippen LogP contribution is 2.31. The van der Waals surface area contributed by atoms with Crippen LogP contribution in [0.3, 0.4) is 0 Å². The number of phenolic OH excluding ortho intramolecular Hbond substituents is 1. The lowest BCUT2D eigenvalue weighted by atomic mass is 10.2. The first-order chi connectivity index (χ1) is 9.23. The number of carbonyl (C=O) groups is 1. The quantitative estimate of drug-likeness (QED) is 0.652. The van der Waals surface area contributed by atoms with E-state index in [9.17, 15) is 9.90 Å². The second-order valence-electron chi connectivity index (χ2n) is 4.92. The maximum Gasteiger partial charge on any atom is 0.428 e. The van der Waals surface area contributed by atoms with Crippen LogP contribution in [0.25, 0.3) is 0 Å². The second-order valence-corrected chi connectivity index (χ2v) is 5.77. The van der Waals surface area contributed by atoms with E-state index >= 15 is 0 Å². The Morgan fingerprint density at radius 1 is 1.45 bits per heavy atom. The highest BCUT2D eigenvalue weighted by atomic mass is 79.9. The smallest absolute Gasteiger partial charge is 0.428 e. The zero-order chi connectivity index (χ0) is 15.3. The molecule has 0 aliphatic rings. The molecule has 110 valence electrons. The molecule has 6 nitrogen and oxygen atoms in total. The zero-order valence-electron chi connectivity index (χ0n) is 11.7. The third-order valence-corrected chi connectivity index (χ3v) is 2.74. The lowest BCUT2D eigenvalue weighted by Gasteiger charge is -2.18. The number of methoxy groups -OCH3 is 1. The van der Waals surface area contributed by atoms with Gasteiger partial charge in [-0.2, -0.15) is 5.10 Å². The van der Waals surface area contributed by atoms with Crippen LogP contribution in [0.1, 0.15) is 26.3 Å². The van der Waals surface area contributed by atoms with E-state index < -0.39 is 11.7 Å². The third-order valence-electron chi connectivity index (χ3n) is 2.06. The van der Waals surface area contributed by atoms with Gasteiger partial charge in [0, 0.05) is 10.0 Å². The molecule has 0 bridgehead atoms. The fraction of sp³-hybridized carbons (Fsp3) is 0.385. The predicted molar refractivity (Wildman–Crippen MR) is 79.3 cm³/mol. The molecule has 0 aliphatic carbocycles. The maximum absolute atomic E-state index is 11.4. The molecule has 0 spiro atoms. The summed E-state index contributed by atoms with van der Waals surface area (Å²) < 4.78 is 10.6. The highest BCUT2D eigenvalue weighted by Gasteiger charge is 2.15. The molecule has 1 aromatic carbocycles. The van der Waals surface area contributed by atoms with Gasteiger partial charge in [-0.3, -0.25) is 0 Å². The van der Waals surface area contributed by atoms with E-state index in [0.29, 0.717) is 15.8 Å². The van der Waals surface area contributed by atoms with Crippen LogP contribution >= 0.6 is 15.9 Å². The van der Waals surface area contributed by atoms with E-state index in [2.05, 4.69) is 26.5 Å². The van der Waals surface area contributed by atoms with Gasteiger partial charge in [-0.25, -0.2) is 10.2 Å². The molecule has 0 aromatic heterocycles. The highest BCUT2D eigenvalue weighted by molar-refractivity contribution is 9.10. The molecule has 0 atom stereocenters. The summed E-state index contributed by atoms with van der Waals surface area (Å²) in [5.74, 6) is 0.323. The Morgan fingerprint density at radius 3 is 2.65 bits per heavy atom. The number of hydrazone groups is 1. The van der Waals surface area contributed by atoms with Crippen LogP contribution in [0.15, 0.2) is 21.7 Å². The summed E-state index contributed by atoms with van der Waals surface area (Å²) in [6, 6.07) is 3.06. The number of phenols is 1. The Labute approximate surface area is 125 Å². The van der Waals surface area contributed by atoms with Gasteiger partial charge in [0.2, 0.25) is 0 Å². The Morgan fingerprint density at radius 2 is 2.10 bits per heavy atom. The number of benzene rings is 1. The molecule has 0 radical (unpaired) electrons. The minimum atomic E-state index is -0.643. The van der Waals surface area contributed by atoms with Crippen LogP contribution in [0, 0.1) is 0 Å². The summed E-state index contributed by atoms with van der Waals surface area (Å²) in [7, 11) is 1.45. The van der Waals surface area contributed by atoms with Gasteiger partial charge in [0.15, 0.2) is 11.5 Å². The van der Waals surface area contributed by atoms with Crippen molar-refractivity contribution in [2.45, 2.75) is 26.4 Å². The number of amides is 1. The molecule has 7 heteroatoms. The summed E-state index contributed by atoms with van der Waals surface area (Å²) in [4.78, 5) is 11.4. The minimum Gasteiger partial charge on any atom is -0.504 e. The van der Waals surface area contributed by atoms with Crippen LogP contribution in [0.5, 0.6) is 11.5 Å². The molecular formula is C13H17BrN2O4. The van der Waals surface area contributed by atoms with E-state index in [1.165, 1.54) is 19.4 Å². The topological polar surface area (TPSA) is 80.2 Å². The van der Waals surface area contributed by atoms with E-state index in [-0.39, 0.29) is 5.75 Å². The van der Waals surface area contributed by atoms with Crippen LogP contribution in [0.2, 0.25) is 0 Å². The van der Waals surface area contributed by atoms with Gasteiger partial charge in [0.25, 0.3) is 0 Å². The van der Waals surface area contributed by atoms with Crippen molar-refractivity contribution in [2.24, 2.45) is 5.10 Å². The number of hydrogen-bond acceptors (Lipinski definition) is 5. The van der Waals surface area contributed by atoms with Crippen molar-refractivity contribution >= 4 is 28.2 Å². The van der Waals surface area contributed by atoms with E-state index in [4.69, 9.17) is 9.47 Å². The van der Waals surface area contributed by atoms with Gasteiger partial charge >= 0.3 is 6.09 Å². The van der Waals surface area contributed by atoms with Gasteiger partial charge in [-0.1, -0.05) is 0 Å². The van der Waals surface area contributed by atoms with Crippen molar-refractivity contribution in [3.05, 3.63) is 22.2 Å². The fourth-order valence-corrected chi connectivity index (χ4v) is 1.71. The largest absolute Gasteiger partial charge is 0.504 e. The number of hydrogen-bond donors (Lipinski definition) is 2. The van der Waals surface area contributed by atoms with E-state index in [0.717, 1.165) is 0 Å². The first-order valence-corrected chi connectivity index (χ1v) is 6.61. The number of nitrogens with one attached hydrogen (secondary N) is 1. The monoisotopic (exact) mass is 344 g/mol. The molecule has 1 aromatic rings. The van der Waals surface area contributed by atoms with Crippen LogP contribution in [-0.2, 0) is 4.74 Å². The van der Waals surface area contributed by atoms with Crippen LogP contribution < -0.4 is 10.2 Å². The molecule has 0 fully saturated rings. The lowest BCUT2D eigenvalue weighted by Crippen LogP contribution is -2.29. The van der Waals surface area contributed by atoms with Gasteiger partial charge in [-0.15, -0.1) is 0 Å². The first-order valence-electron chi connectivity index (χ1n) is 5.81. The predicted octanol–water partition coefficient (Wildman–Crippen LogP) is 3.02. The average molecular weight is 345 g/mol. The molecule has 0 unspecified atom stereocenters. The van der Waals surface area contributed by atoms with Crippen LogP contribution in [0.4, 0.5) is 4.79 Å². The van der Waals surface area contributed by atoms with Gasteiger partial charge in [0.1, 0.15) is 5.60 Å². The Bertz CT molecular complexity index is 524. The molecule has 1 amide bonds. The molecule has 0 saturated carbocycles. The summed E-state index contributed by atoms with van der Waals surface area (Å²) in [6.45, 7) is 5.28. The summed E-state index contributed by atoms with van der Waals surface area (Å²) >= 11 is 3.28. The van der Waals surface area contributed by atoms with Crippen LogP contribution in [-0.4, -0.2) is 30.1 Å².